The van der Waals surface area contributed by atoms with Crippen molar-refractivity contribution in [3.63, 3.8) is 0 Å². The van der Waals surface area contributed by atoms with E-state index in [0.717, 1.165) is 6.42 Å². The number of aliphatic hydroxyl groups excluding tert-OH is 1. The lowest BCUT2D eigenvalue weighted by molar-refractivity contribution is -0.151. The summed E-state index contributed by atoms with van der Waals surface area (Å²) in [6.07, 6.45) is 2.82. The molecule has 0 aromatic rings. The van der Waals surface area contributed by atoms with Crippen LogP contribution in [0, 0.1) is 11.8 Å². The second kappa shape index (κ2) is 7.92. The molecule has 0 aliphatic carbocycles. The van der Waals surface area contributed by atoms with E-state index in [1.807, 2.05) is 13.0 Å². The number of esters is 1. The van der Waals surface area contributed by atoms with E-state index in [1.165, 1.54) is 5.57 Å². The van der Waals surface area contributed by atoms with Gasteiger partial charge in [-0.25, -0.2) is 0 Å². The standard InChI is InChI=1S/C16H28O5/c1-11(6-7-20-10-19-5)8-12(2)9-16(4)14(17)13(3)15(18)21-16/h6,12-14,17H,7-10H2,1-5H3/b11-6+/t12?,13-,14+,16+/m1/s1. The van der Waals surface area contributed by atoms with Crippen LogP contribution in [0.25, 0.3) is 0 Å². The van der Waals surface area contributed by atoms with E-state index < -0.39 is 17.6 Å². The van der Waals surface area contributed by atoms with Gasteiger partial charge in [-0.2, -0.15) is 0 Å². The number of allylic oxidation sites excluding steroid dienone is 1. The van der Waals surface area contributed by atoms with Gasteiger partial charge in [-0.3, -0.25) is 4.79 Å². The summed E-state index contributed by atoms with van der Waals surface area (Å²) in [5, 5.41) is 10.2. The zero-order chi connectivity index (χ0) is 16.0. The summed E-state index contributed by atoms with van der Waals surface area (Å²) in [6.45, 7) is 8.49. The Labute approximate surface area is 127 Å². The molecule has 5 nitrogen and oxygen atoms in total. The topological polar surface area (TPSA) is 65.0 Å². The summed E-state index contributed by atoms with van der Waals surface area (Å²) in [5.74, 6) is -0.444. The van der Waals surface area contributed by atoms with Crippen LogP contribution in [-0.4, -0.2) is 43.3 Å². The van der Waals surface area contributed by atoms with Crippen molar-refractivity contribution in [3.8, 4) is 0 Å². The summed E-state index contributed by atoms with van der Waals surface area (Å²) < 4.78 is 15.4. The Morgan fingerprint density at radius 2 is 2.24 bits per heavy atom. The number of carbonyl (C=O) groups is 1. The maximum atomic E-state index is 11.6. The molecule has 1 aliphatic heterocycles. The van der Waals surface area contributed by atoms with Crippen LogP contribution in [0.15, 0.2) is 11.6 Å². The van der Waals surface area contributed by atoms with Crippen LogP contribution in [0.4, 0.5) is 0 Å². The zero-order valence-corrected chi connectivity index (χ0v) is 13.7. The van der Waals surface area contributed by atoms with Crippen molar-refractivity contribution in [1.82, 2.24) is 0 Å². The fourth-order valence-corrected chi connectivity index (χ4v) is 2.93. The predicted octanol–water partition coefficient (Wildman–Crippen LogP) is 2.28. The number of ether oxygens (including phenoxy) is 3. The maximum absolute atomic E-state index is 11.6. The molecule has 1 unspecified atom stereocenters. The Kier molecular flexibility index (Phi) is 6.84. The van der Waals surface area contributed by atoms with E-state index in [0.29, 0.717) is 18.9 Å². The van der Waals surface area contributed by atoms with E-state index in [1.54, 1.807) is 14.0 Å². The second-order valence-corrected chi connectivity index (χ2v) is 6.31. The first-order chi connectivity index (χ1) is 9.80. The summed E-state index contributed by atoms with van der Waals surface area (Å²) in [4.78, 5) is 11.6. The van der Waals surface area contributed by atoms with Gasteiger partial charge in [0.25, 0.3) is 0 Å². The molecule has 0 amide bonds. The highest BCUT2D eigenvalue weighted by molar-refractivity contribution is 5.76. The molecule has 0 spiro atoms. The Hall–Kier alpha value is -0.910. The highest BCUT2D eigenvalue weighted by atomic mass is 16.7. The van der Waals surface area contributed by atoms with Crippen molar-refractivity contribution in [2.45, 2.75) is 52.2 Å². The normalized spacial score (nSPS) is 31.3. The highest BCUT2D eigenvalue weighted by Crippen LogP contribution is 2.37. The van der Waals surface area contributed by atoms with Crippen LogP contribution >= 0.6 is 0 Å². The number of aliphatic hydroxyl groups is 1. The van der Waals surface area contributed by atoms with Gasteiger partial charge in [0.1, 0.15) is 18.5 Å². The average molecular weight is 300 g/mol. The van der Waals surface area contributed by atoms with Crippen LogP contribution < -0.4 is 0 Å². The molecule has 1 aliphatic rings. The van der Waals surface area contributed by atoms with Crippen molar-refractivity contribution >= 4 is 5.97 Å². The molecule has 1 saturated heterocycles. The minimum absolute atomic E-state index is 0.289. The summed E-state index contributed by atoms with van der Waals surface area (Å²) in [6, 6.07) is 0. The lowest BCUT2D eigenvalue weighted by Crippen LogP contribution is -2.39. The number of rotatable bonds is 8. The summed E-state index contributed by atoms with van der Waals surface area (Å²) >= 11 is 0. The molecule has 0 aromatic carbocycles. The molecule has 1 fully saturated rings. The largest absolute Gasteiger partial charge is 0.456 e. The highest BCUT2D eigenvalue weighted by Gasteiger charge is 2.50. The van der Waals surface area contributed by atoms with Gasteiger partial charge in [0, 0.05) is 7.11 Å². The third-order valence-corrected chi connectivity index (χ3v) is 3.98. The first-order valence-electron chi connectivity index (χ1n) is 7.43. The molecule has 0 saturated carbocycles. The van der Waals surface area contributed by atoms with Gasteiger partial charge in [-0.15, -0.1) is 0 Å². The van der Waals surface area contributed by atoms with Crippen LogP contribution in [-0.2, 0) is 19.0 Å². The van der Waals surface area contributed by atoms with E-state index in [4.69, 9.17) is 14.2 Å². The fourth-order valence-electron chi connectivity index (χ4n) is 2.93. The first-order valence-corrected chi connectivity index (χ1v) is 7.43. The molecule has 5 heteroatoms. The van der Waals surface area contributed by atoms with E-state index in [9.17, 15) is 9.90 Å². The fraction of sp³-hybridized carbons (Fsp3) is 0.812. The van der Waals surface area contributed by atoms with E-state index in [-0.39, 0.29) is 12.8 Å². The Morgan fingerprint density at radius 3 is 2.76 bits per heavy atom. The van der Waals surface area contributed by atoms with Crippen molar-refractivity contribution in [2.75, 3.05) is 20.5 Å². The molecule has 4 atom stereocenters. The van der Waals surface area contributed by atoms with Crippen LogP contribution in [0.3, 0.4) is 0 Å². The van der Waals surface area contributed by atoms with Gasteiger partial charge in [-0.05, 0) is 39.5 Å². The molecule has 0 radical (unpaired) electrons. The van der Waals surface area contributed by atoms with Crippen molar-refractivity contribution in [2.24, 2.45) is 11.8 Å². The van der Waals surface area contributed by atoms with Gasteiger partial charge < -0.3 is 19.3 Å². The number of cyclic esters (lactones) is 1. The monoisotopic (exact) mass is 300 g/mol. The molecule has 1 heterocycles. The maximum Gasteiger partial charge on any atom is 0.312 e. The van der Waals surface area contributed by atoms with E-state index in [2.05, 4.69) is 13.8 Å². The molecular formula is C16H28O5. The number of carbonyl (C=O) groups excluding carboxylic acids is 1. The van der Waals surface area contributed by atoms with Gasteiger partial charge in [0.15, 0.2) is 0 Å². The Balaban J connectivity index is 2.46. The first kappa shape index (κ1) is 18.1. The molecule has 122 valence electrons. The third kappa shape index (κ3) is 5.09. The Morgan fingerprint density at radius 1 is 1.57 bits per heavy atom. The average Bonchev–Trinajstić information content (AvgIpc) is 2.58. The smallest absolute Gasteiger partial charge is 0.312 e. The van der Waals surface area contributed by atoms with Gasteiger partial charge >= 0.3 is 5.97 Å². The second-order valence-electron chi connectivity index (χ2n) is 6.31. The predicted molar refractivity (Wildman–Crippen MR) is 79.7 cm³/mol. The lowest BCUT2D eigenvalue weighted by atomic mass is 9.83. The summed E-state index contributed by atoms with van der Waals surface area (Å²) in [7, 11) is 1.59. The number of methoxy groups -OCH3 is 1. The molecule has 0 aromatic heterocycles. The SMILES string of the molecule is COCOC/C=C(\C)CC(C)C[C@]1(C)OC(=O)[C@H](C)[C@@H]1O. The summed E-state index contributed by atoms with van der Waals surface area (Å²) in [5.41, 5.74) is 0.442. The van der Waals surface area contributed by atoms with Crippen LogP contribution in [0.5, 0.6) is 0 Å². The van der Waals surface area contributed by atoms with Crippen LogP contribution in [0.2, 0.25) is 0 Å². The number of hydrogen-bond acceptors (Lipinski definition) is 5. The molecule has 0 bridgehead atoms. The van der Waals surface area contributed by atoms with Crippen molar-refractivity contribution < 1.29 is 24.1 Å². The third-order valence-electron chi connectivity index (χ3n) is 3.98. The molecule has 1 rings (SSSR count). The van der Waals surface area contributed by atoms with E-state index >= 15 is 0 Å². The quantitative estimate of drug-likeness (QED) is 0.322. The van der Waals surface area contributed by atoms with Gasteiger partial charge in [0.05, 0.1) is 12.5 Å². The molecule has 21 heavy (non-hydrogen) atoms. The lowest BCUT2D eigenvalue weighted by Gasteiger charge is -2.30. The van der Waals surface area contributed by atoms with Gasteiger partial charge in [0.2, 0.25) is 0 Å². The zero-order valence-electron chi connectivity index (χ0n) is 13.7. The minimum atomic E-state index is -0.775. The minimum Gasteiger partial charge on any atom is -0.456 e. The molecular weight excluding hydrogens is 272 g/mol. The number of hydrogen-bond donors (Lipinski definition) is 1. The Bertz CT molecular complexity index is 379. The molecule has 1 N–H and O–H groups in total. The van der Waals surface area contributed by atoms with Gasteiger partial charge in [-0.1, -0.05) is 18.6 Å². The van der Waals surface area contributed by atoms with Crippen LogP contribution in [0.1, 0.15) is 40.5 Å². The van der Waals surface area contributed by atoms with Crippen molar-refractivity contribution in [1.29, 1.82) is 0 Å². The van der Waals surface area contributed by atoms with Crippen molar-refractivity contribution in [3.05, 3.63) is 11.6 Å².